The van der Waals surface area contributed by atoms with Crippen LogP contribution in [0.4, 0.5) is 4.39 Å². The molecule has 0 N–H and O–H groups in total. The van der Waals surface area contributed by atoms with E-state index in [0.717, 1.165) is 0 Å². The molecule has 0 aromatic carbocycles. The molecule has 0 aliphatic heterocycles. The van der Waals surface area contributed by atoms with Crippen LogP contribution in [-0.2, 0) is 9.53 Å². The second-order valence-electron chi connectivity index (χ2n) is 4.65. The Hall–Kier alpha value is -0.600. The number of rotatable bonds is 2. The molecule has 0 amide bonds. The highest BCUT2D eigenvalue weighted by atomic mass is 19.1. The van der Waals surface area contributed by atoms with Gasteiger partial charge in [-0.2, -0.15) is 0 Å². The molecule has 80 valence electrons. The Bertz CT molecular complexity index is 225. The van der Waals surface area contributed by atoms with Gasteiger partial charge in [-0.15, -0.1) is 0 Å². The quantitative estimate of drug-likeness (QED) is 0.640. The highest BCUT2D eigenvalue weighted by Gasteiger charge is 2.53. The third-order valence-electron chi connectivity index (χ3n) is 3.86. The Kier molecular flexibility index (Phi) is 2.28. The maximum absolute atomic E-state index is 13.8. The summed E-state index contributed by atoms with van der Waals surface area (Å²) in [5.74, 6) is -0.0956. The normalized spacial score (nSPS) is 41.0. The number of hydrogen-bond acceptors (Lipinski definition) is 2. The van der Waals surface area contributed by atoms with E-state index >= 15 is 0 Å². The van der Waals surface area contributed by atoms with Crippen LogP contribution in [0.15, 0.2) is 0 Å². The number of fused-ring (bicyclic) bond motifs is 3. The van der Waals surface area contributed by atoms with Gasteiger partial charge in [0, 0.05) is 0 Å². The summed E-state index contributed by atoms with van der Waals surface area (Å²) >= 11 is 0. The van der Waals surface area contributed by atoms with Crippen molar-refractivity contribution in [2.75, 3.05) is 6.61 Å². The molecule has 0 aromatic heterocycles. The Morgan fingerprint density at radius 1 is 1.21 bits per heavy atom. The van der Waals surface area contributed by atoms with Crippen molar-refractivity contribution in [3.8, 4) is 0 Å². The van der Waals surface area contributed by atoms with Crippen molar-refractivity contribution < 1.29 is 13.9 Å². The lowest BCUT2D eigenvalue weighted by Crippen LogP contribution is -2.47. The molecule has 0 saturated heterocycles. The van der Waals surface area contributed by atoms with Crippen molar-refractivity contribution in [3.63, 3.8) is 0 Å². The van der Waals surface area contributed by atoms with E-state index in [0.29, 0.717) is 45.1 Å². The van der Waals surface area contributed by atoms with Gasteiger partial charge in [-0.05, 0) is 45.4 Å². The molecule has 0 heterocycles. The zero-order chi connectivity index (χ0) is 10.2. The summed E-state index contributed by atoms with van der Waals surface area (Å²) in [4.78, 5) is 11.7. The van der Waals surface area contributed by atoms with Crippen molar-refractivity contribution in [2.45, 2.75) is 51.1 Å². The fourth-order valence-electron chi connectivity index (χ4n) is 2.73. The average Bonchev–Trinajstić information content (AvgIpc) is 2.20. The first-order valence-corrected chi connectivity index (χ1v) is 5.46. The maximum Gasteiger partial charge on any atom is 0.312 e. The molecule has 2 bridgehead atoms. The van der Waals surface area contributed by atoms with Gasteiger partial charge in [-0.3, -0.25) is 4.79 Å². The second-order valence-corrected chi connectivity index (χ2v) is 4.65. The SMILES string of the molecule is CCOC(=O)C12CCC(F)(CC1)CC2. The summed E-state index contributed by atoms with van der Waals surface area (Å²) in [6, 6.07) is 0. The molecule has 0 aromatic rings. The van der Waals surface area contributed by atoms with Gasteiger partial charge >= 0.3 is 5.97 Å². The van der Waals surface area contributed by atoms with Gasteiger partial charge in [0.2, 0.25) is 0 Å². The zero-order valence-electron chi connectivity index (χ0n) is 8.64. The minimum absolute atomic E-state index is 0.0956. The van der Waals surface area contributed by atoms with Crippen LogP contribution in [0.3, 0.4) is 0 Å². The summed E-state index contributed by atoms with van der Waals surface area (Å²) in [6.07, 6.45) is 3.69. The first kappa shape index (κ1) is 9.94. The van der Waals surface area contributed by atoms with E-state index < -0.39 is 5.67 Å². The first-order valence-electron chi connectivity index (χ1n) is 5.46. The lowest BCUT2D eigenvalue weighted by molar-refractivity contribution is -0.166. The number of hydrogen-bond donors (Lipinski definition) is 0. The molecule has 3 saturated carbocycles. The predicted octanol–water partition coefficient (Wildman–Crippen LogP) is 2.61. The molecule has 0 unspecified atom stereocenters. The van der Waals surface area contributed by atoms with Gasteiger partial charge in [-0.25, -0.2) is 4.39 Å². The Balaban J connectivity index is 2.08. The Morgan fingerprint density at radius 2 is 1.71 bits per heavy atom. The number of esters is 1. The summed E-state index contributed by atoms with van der Waals surface area (Å²) in [7, 11) is 0. The van der Waals surface area contributed by atoms with Crippen molar-refractivity contribution >= 4 is 5.97 Å². The van der Waals surface area contributed by atoms with E-state index in [1.807, 2.05) is 6.92 Å². The van der Waals surface area contributed by atoms with Crippen LogP contribution in [0.1, 0.15) is 45.4 Å². The molecule has 3 aliphatic carbocycles. The Labute approximate surface area is 83.8 Å². The van der Waals surface area contributed by atoms with E-state index in [1.165, 1.54) is 0 Å². The van der Waals surface area contributed by atoms with Gasteiger partial charge < -0.3 is 4.74 Å². The first-order chi connectivity index (χ1) is 6.60. The zero-order valence-corrected chi connectivity index (χ0v) is 8.64. The lowest BCUT2D eigenvalue weighted by Gasteiger charge is -2.47. The van der Waals surface area contributed by atoms with Crippen LogP contribution in [0.2, 0.25) is 0 Å². The highest BCUT2D eigenvalue weighted by Crippen LogP contribution is 2.54. The molecule has 0 atom stereocenters. The standard InChI is InChI=1S/C11H17FO2/c1-2-14-9(13)10-3-6-11(12,7-4-10)8-5-10/h2-8H2,1H3. The van der Waals surface area contributed by atoms with Crippen LogP contribution in [0, 0.1) is 5.41 Å². The van der Waals surface area contributed by atoms with Crippen LogP contribution in [0.25, 0.3) is 0 Å². The lowest BCUT2D eigenvalue weighted by atomic mass is 9.59. The topological polar surface area (TPSA) is 26.3 Å². The number of halogens is 1. The van der Waals surface area contributed by atoms with Gasteiger partial charge in [0.05, 0.1) is 12.0 Å². The van der Waals surface area contributed by atoms with Crippen LogP contribution < -0.4 is 0 Å². The van der Waals surface area contributed by atoms with E-state index in [9.17, 15) is 9.18 Å². The van der Waals surface area contributed by atoms with Crippen molar-refractivity contribution in [1.29, 1.82) is 0 Å². The summed E-state index contributed by atoms with van der Waals surface area (Å²) in [6.45, 7) is 2.25. The third-order valence-corrected chi connectivity index (χ3v) is 3.86. The fourth-order valence-corrected chi connectivity index (χ4v) is 2.73. The molecule has 0 spiro atoms. The van der Waals surface area contributed by atoms with Gasteiger partial charge in [0.25, 0.3) is 0 Å². The third kappa shape index (κ3) is 1.43. The number of ether oxygens (including phenoxy) is 1. The fraction of sp³-hybridized carbons (Fsp3) is 0.909. The van der Waals surface area contributed by atoms with Gasteiger partial charge in [-0.1, -0.05) is 0 Å². The largest absolute Gasteiger partial charge is 0.466 e. The number of carbonyl (C=O) groups excluding carboxylic acids is 1. The van der Waals surface area contributed by atoms with E-state index in [-0.39, 0.29) is 11.4 Å². The summed E-state index contributed by atoms with van der Waals surface area (Å²) in [5, 5.41) is 0. The van der Waals surface area contributed by atoms with E-state index in [4.69, 9.17) is 4.74 Å². The molecule has 0 radical (unpaired) electrons. The van der Waals surface area contributed by atoms with E-state index in [1.54, 1.807) is 0 Å². The molecule has 3 rings (SSSR count). The van der Waals surface area contributed by atoms with Crippen LogP contribution >= 0.6 is 0 Å². The molecule has 2 nitrogen and oxygen atoms in total. The number of alkyl halides is 1. The van der Waals surface area contributed by atoms with Gasteiger partial charge in [0.1, 0.15) is 5.67 Å². The molecular formula is C11H17FO2. The molecule has 3 aliphatic rings. The van der Waals surface area contributed by atoms with Crippen molar-refractivity contribution in [1.82, 2.24) is 0 Å². The summed E-state index contributed by atoms with van der Waals surface area (Å²) in [5.41, 5.74) is -1.29. The molecule has 3 heteroatoms. The van der Waals surface area contributed by atoms with E-state index in [2.05, 4.69) is 0 Å². The van der Waals surface area contributed by atoms with Crippen molar-refractivity contribution in [2.24, 2.45) is 5.41 Å². The molecule has 3 fully saturated rings. The number of carbonyl (C=O) groups is 1. The monoisotopic (exact) mass is 200 g/mol. The van der Waals surface area contributed by atoms with Gasteiger partial charge in [0.15, 0.2) is 0 Å². The maximum atomic E-state index is 13.8. The predicted molar refractivity (Wildman–Crippen MR) is 50.6 cm³/mol. The van der Waals surface area contributed by atoms with Crippen LogP contribution in [-0.4, -0.2) is 18.2 Å². The minimum Gasteiger partial charge on any atom is -0.466 e. The smallest absolute Gasteiger partial charge is 0.312 e. The Morgan fingerprint density at radius 3 is 2.14 bits per heavy atom. The molecule has 14 heavy (non-hydrogen) atoms. The second kappa shape index (κ2) is 3.21. The minimum atomic E-state index is -0.964. The molecular weight excluding hydrogens is 183 g/mol. The summed E-state index contributed by atoms with van der Waals surface area (Å²) < 4.78 is 18.9. The van der Waals surface area contributed by atoms with Crippen molar-refractivity contribution in [3.05, 3.63) is 0 Å². The average molecular weight is 200 g/mol. The highest BCUT2D eigenvalue weighted by molar-refractivity contribution is 5.77. The van der Waals surface area contributed by atoms with Crippen LogP contribution in [0.5, 0.6) is 0 Å².